The largest absolute Gasteiger partial charge is 0.340 e. The van der Waals surface area contributed by atoms with E-state index < -0.39 is 5.54 Å². The zero-order valence-electron chi connectivity index (χ0n) is 13.8. The highest BCUT2D eigenvalue weighted by molar-refractivity contribution is 5.99. The summed E-state index contributed by atoms with van der Waals surface area (Å²) >= 11 is 0. The minimum atomic E-state index is -0.667. The number of carbonyl (C=O) groups excluding carboxylic acids is 2. The average Bonchev–Trinajstić information content (AvgIpc) is 2.99. The standard InChI is InChI=1S/C17H30N2O2/c1-4-9-14-15(20)18-17(5-2,6-3)16(21)19(14)12-13-10-7-8-11-13/h13-14H,4-12H2,1-3H3,(H,18,20). The van der Waals surface area contributed by atoms with Crippen molar-refractivity contribution in [3.8, 4) is 0 Å². The number of nitrogens with one attached hydrogen (secondary N) is 1. The maximum absolute atomic E-state index is 13.0. The normalized spacial score (nSPS) is 26.2. The van der Waals surface area contributed by atoms with E-state index in [9.17, 15) is 9.59 Å². The van der Waals surface area contributed by atoms with E-state index in [-0.39, 0.29) is 17.9 Å². The van der Waals surface area contributed by atoms with Gasteiger partial charge >= 0.3 is 0 Å². The zero-order chi connectivity index (χ0) is 15.5. The summed E-state index contributed by atoms with van der Waals surface area (Å²) in [4.78, 5) is 27.5. The number of amides is 2. The van der Waals surface area contributed by atoms with Crippen LogP contribution in [0.5, 0.6) is 0 Å². The molecule has 120 valence electrons. The number of hydrogen-bond donors (Lipinski definition) is 1. The molecule has 4 nitrogen and oxygen atoms in total. The Kier molecular flexibility index (Phi) is 5.28. The van der Waals surface area contributed by atoms with Gasteiger partial charge in [-0.25, -0.2) is 0 Å². The van der Waals surface area contributed by atoms with Crippen LogP contribution in [0, 0.1) is 5.92 Å². The van der Waals surface area contributed by atoms with E-state index >= 15 is 0 Å². The predicted molar refractivity (Wildman–Crippen MR) is 83.8 cm³/mol. The molecule has 2 fully saturated rings. The number of hydrogen-bond acceptors (Lipinski definition) is 2. The van der Waals surface area contributed by atoms with Gasteiger partial charge in [0.1, 0.15) is 11.6 Å². The van der Waals surface area contributed by atoms with Crippen molar-refractivity contribution in [3.63, 3.8) is 0 Å². The first kappa shape index (κ1) is 16.3. The lowest BCUT2D eigenvalue weighted by molar-refractivity contribution is -0.156. The van der Waals surface area contributed by atoms with Crippen LogP contribution >= 0.6 is 0 Å². The minimum Gasteiger partial charge on any atom is -0.340 e. The molecule has 0 aromatic heterocycles. The summed E-state index contributed by atoms with van der Waals surface area (Å²) in [5.41, 5.74) is -0.667. The van der Waals surface area contributed by atoms with Gasteiger partial charge in [-0.15, -0.1) is 0 Å². The molecular formula is C17H30N2O2. The summed E-state index contributed by atoms with van der Waals surface area (Å²) in [5.74, 6) is 0.793. The summed E-state index contributed by atoms with van der Waals surface area (Å²) in [6, 6.07) is -0.255. The van der Waals surface area contributed by atoms with Crippen LogP contribution in [-0.2, 0) is 9.59 Å². The molecule has 21 heavy (non-hydrogen) atoms. The van der Waals surface area contributed by atoms with E-state index in [0.717, 1.165) is 19.4 Å². The van der Waals surface area contributed by atoms with Gasteiger partial charge in [-0.2, -0.15) is 0 Å². The topological polar surface area (TPSA) is 49.4 Å². The van der Waals surface area contributed by atoms with Crippen LogP contribution in [0.1, 0.15) is 72.1 Å². The SMILES string of the molecule is CCCC1C(=O)NC(CC)(CC)C(=O)N1CC1CCCC1. The molecule has 4 heteroatoms. The van der Waals surface area contributed by atoms with Crippen molar-refractivity contribution in [2.24, 2.45) is 5.92 Å². The quantitative estimate of drug-likeness (QED) is 0.819. The number of piperazine rings is 1. The Morgan fingerprint density at radius 1 is 1.14 bits per heavy atom. The highest BCUT2D eigenvalue weighted by atomic mass is 16.2. The Balaban J connectivity index is 2.22. The number of nitrogens with zero attached hydrogens (tertiary/aromatic N) is 1. The molecule has 1 aliphatic heterocycles. The van der Waals surface area contributed by atoms with Crippen molar-refractivity contribution in [2.75, 3.05) is 6.54 Å². The molecule has 1 aliphatic carbocycles. The molecule has 0 bridgehead atoms. The monoisotopic (exact) mass is 294 g/mol. The van der Waals surface area contributed by atoms with Crippen LogP contribution in [0.4, 0.5) is 0 Å². The van der Waals surface area contributed by atoms with Crippen molar-refractivity contribution in [3.05, 3.63) is 0 Å². The molecule has 0 aromatic carbocycles. The third-order valence-electron chi connectivity index (χ3n) is 5.41. The Morgan fingerprint density at radius 3 is 2.29 bits per heavy atom. The van der Waals surface area contributed by atoms with E-state index in [1.807, 2.05) is 18.7 Å². The molecule has 2 rings (SSSR count). The number of rotatable bonds is 6. The van der Waals surface area contributed by atoms with Crippen LogP contribution in [-0.4, -0.2) is 34.8 Å². The van der Waals surface area contributed by atoms with Crippen molar-refractivity contribution >= 4 is 11.8 Å². The lowest BCUT2D eigenvalue weighted by atomic mass is 9.85. The molecule has 1 saturated heterocycles. The Hall–Kier alpha value is -1.06. The van der Waals surface area contributed by atoms with Crippen LogP contribution in [0.25, 0.3) is 0 Å². The average molecular weight is 294 g/mol. The minimum absolute atomic E-state index is 0.0538. The smallest absolute Gasteiger partial charge is 0.248 e. The van der Waals surface area contributed by atoms with Gasteiger partial charge in [-0.3, -0.25) is 9.59 Å². The van der Waals surface area contributed by atoms with Crippen LogP contribution in [0.15, 0.2) is 0 Å². The summed E-state index contributed by atoms with van der Waals surface area (Å²) in [5, 5.41) is 3.04. The lowest BCUT2D eigenvalue weighted by Gasteiger charge is -2.46. The molecule has 2 amide bonds. The van der Waals surface area contributed by atoms with E-state index in [4.69, 9.17) is 0 Å². The first-order valence-corrected chi connectivity index (χ1v) is 8.71. The molecular weight excluding hydrogens is 264 g/mol. The molecule has 1 atom stereocenters. The molecule has 0 radical (unpaired) electrons. The van der Waals surface area contributed by atoms with Gasteiger partial charge in [0.05, 0.1) is 0 Å². The molecule has 1 unspecified atom stereocenters. The second-order valence-corrected chi connectivity index (χ2v) is 6.69. The van der Waals surface area contributed by atoms with E-state index in [2.05, 4.69) is 12.2 Å². The van der Waals surface area contributed by atoms with E-state index in [0.29, 0.717) is 18.8 Å². The molecule has 1 N–H and O–H groups in total. The molecule has 0 aromatic rings. The fraction of sp³-hybridized carbons (Fsp3) is 0.882. The van der Waals surface area contributed by atoms with Gasteiger partial charge in [-0.1, -0.05) is 40.0 Å². The maximum Gasteiger partial charge on any atom is 0.248 e. The molecule has 1 heterocycles. The molecule has 1 saturated carbocycles. The number of carbonyl (C=O) groups is 2. The third-order valence-corrected chi connectivity index (χ3v) is 5.41. The first-order chi connectivity index (χ1) is 10.1. The summed E-state index contributed by atoms with van der Waals surface area (Å²) < 4.78 is 0. The van der Waals surface area contributed by atoms with Crippen LogP contribution in [0.3, 0.4) is 0 Å². The van der Waals surface area contributed by atoms with Crippen LogP contribution in [0.2, 0.25) is 0 Å². The second kappa shape index (κ2) is 6.80. The summed E-state index contributed by atoms with van der Waals surface area (Å²) in [6.07, 6.45) is 7.99. The fourth-order valence-corrected chi connectivity index (χ4v) is 3.90. The molecule has 0 spiro atoms. The summed E-state index contributed by atoms with van der Waals surface area (Å²) in [7, 11) is 0. The maximum atomic E-state index is 13.0. The van der Waals surface area contributed by atoms with Crippen molar-refractivity contribution < 1.29 is 9.59 Å². The van der Waals surface area contributed by atoms with Crippen molar-refractivity contribution in [1.29, 1.82) is 0 Å². The van der Waals surface area contributed by atoms with Gasteiger partial charge in [0, 0.05) is 6.54 Å². The Labute approximate surface area is 128 Å². The van der Waals surface area contributed by atoms with E-state index in [1.165, 1.54) is 25.7 Å². The first-order valence-electron chi connectivity index (χ1n) is 8.71. The Morgan fingerprint density at radius 2 is 1.76 bits per heavy atom. The highest BCUT2D eigenvalue weighted by Gasteiger charge is 2.48. The molecule has 2 aliphatic rings. The van der Waals surface area contributed by atoms with Crippen molar-refractivity contribution in [2.45, 2.75) is 83.7 Å². The van der Waals surface area contributed by atoms with Gasteiger partial charge in [0.15, 0.2) is 0 Å². The van der Waals surface area contributed by atoms with Gasteiger partial charge in [-0.05, 0) is 38.0 Å². The second-order valence-electron chi connectivity index (χ2n) is 6.69. The fourth-order valence-electron chi connectivity index (χ4n) is 3.90. The lowest BCUT2D eigenvalue weighted by Crippen LogP contribution is -2.70. The zero-order valence-corrected chi connectivity index (χ0v) is 13.8. The highest BCUT2D eigenvalue weighted by Crippen LogP contribution is 2.31. The predicted octanol–water partition coefficient (Wildman–Crippen LogP) is 2.86. The van der Waals surface area contributed by atoms with Crippen molar-refractivity contribution in [1.82, 2.24) is 10.2 Å². The Bertz CT molecular complexity index is 384. The van der Waals surface area contributed by atoms with Gasteiger partial charge in [0.2, 0.25) is 11.8 Å². The van der Waals surface area contributed by atoms with Crippen LogP contribution < -0.4 is 5.32 Å². The third kappa shape index (κ3) is 3.09. The summed E-state index contributed by atoms with van der Waals surface area (Å²) in [6.45, 7) is 6.84. The van der Waals surface area contributed by atoms with Gasteiger partial charge in [0.25, 0.3) is 0 Å². The van der Waals surface area contributed by atoms with Gasteiger partial charge < -0.3 is 10.2 Å². The van der Waals surface area contributed by atoms with E-state index in [1.54, 1.807) is 0 Å².